The highest BCUT2D eigenvalue weighted by atomic mass is 16.5. The summed E-state index contributed by atoms with van der Waals surface area (Å²) in [5.74, 6) is 1.29. The summed E-state index contributed by atoms with van der Waals surface area (Å²) in [5, 5.41) is 0. The monoisotopic (exact) mass is 214 g/mol. The predicted molar refractivity (Wildman–Crippen MR) is 58.8 cm³/mol. The quantitative estimate of drug-likeness (QED) is 0.679. The average Bonchev–Trinajstić information content (AvgIpc) is 2.19. The van der Waals surface area contributed by atoms with Crippen LogP contribution in [-0.4, -0.2) is 32.7 Å². The van der Waals surface area contributed by atoms with Gasteiger partial charge < -0.3 is 9.47 Å². The standard InChI is InChI=1S/C12H22O3/c1-10(9-14-2)7-12(13)8-11-3-5-15-6-4-11/h10-11H,3-9H2,1-2H3. The normalized spacial score (nSPS) is 20.1. The van der Waals surface area contributed by atoms with E-state index < -0.39 is 0 Å². The molecule has 0 aromatic carbocycles. The van der Waals surface area contributed by atoms with Gasteiger partial charge in [0.2, 0.25) is 0 Å². The van der Waals surface area contributed by atoms with Gasteiger partial charge in [-0.05, 0) is 24.7 Å². The number of hydrogen-bond acceptors (Lipinski definition) is 3. The molecule has 1 atom stereocenters. The van der Waals surface area contributed by atoms with Crippen LogP contribution in [0.3, 0.4) is 0 Å². The minimum absolute atomic E-state index is 0.349. The summed E-state index contributed by atoms with van der Waals surface area (Å²) in [4.78, 5) is 11.7. The summed E-state index contributed by atoms with van der Waals surface area (Å²) in [6.45, 7) is 4.39. The van der Waals surface area contributed by atoms with Crippen molar-refractivity contribution >= 4 is 5.78 Å². The lowest BCUT2D eigenvalue weighted by Crippen LogP contribution is -2.20. The van der Waals surface area contributed by atoms with Gasteiger partial charge in [0.15, 0.2) is 0 Å². The van der Waals surface area contributed by atoms with Crippen molar-refractivity contribution in [2.75, 3.05) is 26.9 Å². The molecule has 15 heavy (non-hydrogen) atoms. The Kier molecular flexibility index (Phi) is 5.88. The van der Waals surface area contributed by atoms with Crippen LogP contribution in [0.4, 0.5) is 0 Å². The Morgan fingerprint density at radius 1 is 1.47 bits per heavy atom. The third-order valence-corrected chi connectivity index (χ3v) is 2.88. The number of methoxy groups -OCH3 is 1. The maximum Gasteiger partial charge on any atom is 0.133 e. The van der Waals surface area contributed by atoms with Crippen LogP contribution in [0.1, 0.15) is 32.6 Å². The van der Waals surface area contributed by atoms with Crippen LogP contribution in [0.25, 0.3) is 0 Å². The summed E-state index contributed by atoms with van der Waals surface area (Å²) in [5.41, 5.74) is 0. The van der Waals surface area contributed by atoms with Gasteiger partial charge >= 0.3 is 0 Å². The molecule has 1 aliphatic heterocycles. The second-order valence-corrected chi connectivity index (χ2v) is 4.56. The number of ketones is 1. The molecule has 1 unspecified atom stereocenters. The third-order valence-electron chi connectivity index (χ3n) is 2.88. The van der Waals surface area contributed by atoms with Gasteiger partial charge in [-0.15, -0.1) is 0 Å². The number of carbonyl (C=O) groups is 1. The number of carbonyl (C=O) groups excluding carboxylic acids is 1. The lowest BCUT2D eigenvalue weighted by molar-refractivity contribution is -0.121. The van der Waals surface area contributed by atoms with Crippen molar-refractivity contribution in [2.45, 2.75) is 32.6 Å². The SMILES string of the molecule is COCC(C)CC(=O)CC1CCOCC1. The largest absolute Gasteiger partial charge is 0.384 e. The van der Waals surface area contributed by atoms with Gasteiger partial charge in [0.1, 0.15) is 5.78 Å². The van der Waals surface area contributed by atoms with E-state index in [4.69, 9.17) is 9.47 Å². The summed E-state index contributed by atoms with van der Waals surface area (Å²) in [7, 11) is 1.68. The molecule has 0 aromatic rings. The third kappa shape index (κ3) is 5.28. The molecule has 0 radical (unpaired) electrons. The minimum atomic E-state index is 0.349. The molecule has 0 spiro atoms. The predicted octanol–water partition coefficient (Wildman–Crippen LogP) is 2.04. The van der Waals surface area contributed by atoms with Crippen LogP contribution in [0.2, 0.25) is 0 Å². The maximum atomic E-state index is 11.7. The topological polar surface area (TPSA) is 35.5 Å². The fraction of sp³-hybridized carbons (Fsp3) is 0.917. The number of rotatable bonds is 6. The molecule has 0 saturated carbocycles. The summed E-state index contributed by atoms with van der Waals surface area (Å²) in [6, 6.07) is 0. The zero-order valence-electron chi connectivity index (χ0n) is 9.83. The molecule has 0 N–H and O–H groups in total. The van der Waals surface area contributed by atoms with Crippen molar-refractivity contribution < 1.29 is 14.3 Å². The highest BCUT2D eigenvalue weighted by molar-refractivity contribution is 5.78. The second kappa shape index (κ2) is 6.96. The molecule has 1 heterocycles. The van der Waals surface area contributed by atoms with Crippen molar-refractivity contribution in [3.63, 3.8) is 0 Å². The van der Waals surface area contributed by atoms with Gasteiger partial charge in [0, 0.05) is 39.8 Å². The van der Waals surface area contributed by atoms with E-state index in [-0.39, 0.29) is 0 Å². The number of ether oxygens (including phenoxy) is 2. The fourth-order valence-electron chi connectivity index (χ4n) is 2.09. The van der Waals surface area contributed by atoms with Gasteiger partial charge in [-0.2, -0.15) is 0 Å². The van der Waals surface area contributed by atoms with E-state index in [0.29, 0.717) is 30.6 Å². The summed E-state index contributed by atoms with van der Waals surface area (Å²) < 4.78 is 10.3. The van der Waals surface area contributed by atoms with E-state index in [2.05, 4.69) is 6.92 Å². The highest BCUT2D eigenvalue weighted by Crippen LogP contribution is 2.20. The van der Waals surface area contributed by atoms with Crippen LogP contribution < -0.4 is 0 Å². The van der Waals surface area contributed by atoms with Gasteiger partial charge in [0.25, 0.3) is 0 Å². The molecule has 0 amide bonds. The number of hydrogen-bond donors (Lipinski definition) is 0. The molecular formula is C12H22O3. The van der Waals surface area contributed by atoms with Crippen molar-refractivity contribution in [1.29, 1.82) is 0 Å². The van der Waals surface area contributed by atoms with Crippen molar-refractivity contribution in [2.24, 2.45) is 11.8 Å². The van der Waals surface area contributed by atoms with Crippen LogP contribution >= 0.6 is 0 Å². The second-order valence-electron chi connectivity index (χ2n) is 4.56. The van der Waals surface area contributed by atoms with E-state index in [9.17, 15) is 4.79 Å². The van der Waals surface area contributed by atoms with Crippen molar-refractivity contribution in [3.05, 3.63) is 0 Å². The van der Waals surface area contributed by atoms with Crippen LogP contribution in [0.5, 0.6) is 0 Å². The van der Waals surface area contributed by atoms with E-state index in [1.165, 1.54) is 0 Å². The highest BCUT2D eigenvalue weighted by Gasteiger charge is 2.18. The average molecular weight is 214 g/mol. The fourth-order valence-corrected chi connectivity index (χ4v) is 2.09. The molecule has 1 fully saturated rings. The zero-order valence-corrected chi connectivity index (χ0v) is 9.83. The lowest BCUT2D eigenvalue weighted by Gasteiger charge is -2.21. The van der Waals surface area contributed by atoms with E-state index in [1.54, 1.807) is 7.11 Å². The van der Waals surface area contributed by atoms with E-state index in [1.807, 2.05) is 0 Å². The number of Topliss-reactive ketones (excluding diaryl/α,β-unsaturated/α-hetero) is 1. The van der Waals surface area contributed by atoms with Crippen molar-refractivity contribution in [1.82, 2.24) is 0 Å². The first kappa shape index (κ1) is 12.7. The molecule has 0 bridgehead atoms. The smallest absolute Gasteiger partial charge is 0.133 e. The minimum Gasteiger partial charge on any atom is -0.384 e. The van der Waals surface area contributed by atoms with Gasteiger partial charge in [-0.3, -0.25) is 4.79 Å². The first-order valence-corrected chi connectivity index (χ1v) is 5.80. The Morgan fingerprint density at radius 2 is 2.13 bits per heavy atom. The van der Waals surface area contributed by atoms with Crippen LogP contribution in [-0.2, 0) is 14.3 Å². The molecule has 0 aromatic heterocycles. The summed E-state index contributed by atoms with van der Waals surface area (Å²) in [6.07, 6.45) is 3.48. The van der Waals surface area contributed by atoms with Crippen molar-refractivity contribution in [3.8, 4) is 0 Å². The van der Waals surface area contributed by atoms with E-state index >= 15 is 0 Å². The molecule has 3 nitrogen and oxygen atoms in total. The Labute approximate surface area is 92.1 Å². The Balaban J connectivity index is 2.16. The van der Waals surface area contributed by atoms with Gasteiger partial charge in [0.05, 0.1) is 0 Å². The van der Waals surface area contributed by atoms with Crippen LogP contribution in [0.15, 0.2) is 0 Å². The molecular weight excluding hydrogens is 192 g/mol. The molecule has 1 aliphatic rings. The Hall–Kier alpha value is -0.410. The molecule has 1 saturated heterocycles. The Bertz CT molecular complexity index is 185. The Morgan fingerprint density at radius 3 is 2.73 bits per heavy atom. The maximum absolute atomic E-state index is 11.7. The molecule has 88 valence electrons. The molecule has 1 rings (SSSR count). The lowest BCUT2D eigenvalue weighted by atomic mass is 9.91. The first-order chi connectivity index (χ1) is 7.22. The summed E-state index contributed by atoms with van der Waals surface area (Å²) >= 11 is 0. The van der Waals surface area contributed by atoms with Crippen LogP contribution in [0, 0.1) is 11.8 Å². The van der Waals surface area contributed by atoms with Gasteiger partial charge in [-0.1, -0.05) is 6.92 Å². The first-order valence-electron chi connectivity index (χ1n) is 5.80. The molecule has 3 heteroatoms. The van der Waals surface area contributed by atoms with E-state index in [0.717, 1.165) is 32.5 Å². The molecule has 0 aliphatic carbocycles. The van der Waals surface area contributed by atoms with Gasteiger partial charge in [-0.25, -0.2) is 0 Å². The zero-order chi connectivity index (χ0) is 11.1.